The molecule has 0 atom stereocenters. The second-order valence-electron chi connectivity index (χ2n) is 6.45. The van der Waals surface area contributed by atoms with Crippen molar-refractivity contribution >= 4 is 11.5 Å². The molecule has 4 heteroatoms. The molecule has 0 spiro atoms. The summed E-state index contributed by atoms with van der Waals surface area (Å²) in [4.78, 5) is 0. The van der Waals surface area contributed by atoms with E-state index in [0.717, 1.165) is 33.4 Å². The zero-order valence-electron chi connectivity index (χ0n) is 14.7. The third-order valence-electron chi connectivity index (χ3n) is 4.98. The number of hydrogen-bond acceptors (Lipinski definition) is 4. The van der Waals surface area contributed by atoms with Crippen molar-refractivity contribution < 1.29 is 19.7 Å². The van der Waals surface area contributed by atoms with Crippen LogP contribution < -0.4 is 0 Å². The lowest BCUT2D eigenvalue weighted by atomic mass is 9.84. The minimum Gasteiger partial charge on any atom is -0.507 e. The first kappa shape index (κ1) is 16.3. The van der Waals surface area contributed by atoms with Gasteiger partial charge in [-0.2, -0.15) is 0 Å². The fourth-order valence-corrected chi connectivity index (χ4v) is 3.74. The van der Waals surface area contributed by atoms with E-state index in [0.29, 0.717) is 24.4 Å². The van der Waals surface area contributed by atoms with Crippen LogP contribution in [-0.2, 0) is 22.3 Å². The molecule has 0 amide bonds. The number of rotatable bonds is 2. The fourth-order valence-electron chi connectivity index (χ4n) is 3.74. The number of benzene rings is 2. The second-order valence-corrected chi connectivity index (χ2v) is 6.45. The first-order valence-electron chi connectivity index (χ1n) is 8.48. The number of hydrogen-bond donors (Lipinski definition) is 2. The van der Waals surface area contributed by atoms with Gasteiger partial charge in [-0.3, -0.25) is 0 Å². The smallest absolute Gasteiger partial charge is 0.130 e. The Morgan fingerprint density at radius 1 is 0.692 bits per heavy atom. The molecule has 0 heterocycles. The van der Waals surface area contributed by atoms with Gasteiger partial charge in [-0.05, 0) is 59.4 Å². The minimum atomic E-state index is 0.228. The van der Waals surface area contributed by atoms with Gasteiger partial charge >= 0.3 is 0 Å². The van der Waals surface area contributed by atoms with Gasteiger partial charge in [0, 0.05) is 0 Å². The van der Waals surface area contributed by atoms with Gasteiger partial charge in [0.25, 0.3) is 0 Å². The highest BCUT2D eigenvalue weighted by atomic mass is 16.5. The Kier molecular flexibility index (Phi) is 3.96. The molecule has 2 aromatic rings. The number of phenolic OH excluding ortho intramolecular Hbond substituents is 2. The van der Waals surface area contributed by atoms with Crippen molar-refractivity contribution in [1.29, 1.82) is 0 Å². The van der Waals surface area contributed by atoms with E-state index >= 15 is 0 Å². The van der Waals surface area contributed by atoms with Crippen LogP contribution in [-0.4, -0.2) is 24.4 Å². The van der Waals surface area contributed by atoms with E-state index < -0.39 is 0 Å². The summed E-state index contributed by atoms with van der Waals surface area (Å²) in [5.74, 6) is 1.76. The van der Waals surface area contributed by atoms with Crippen molar-refractivity contribution in [3.63, 3.8) is 0 Å². The number of methoxy groups -OCH3 is 2. The van der Waals surface area contributed by atoms with Gasteiger partial charge in [0.1, 0.15) is 23.0 Å². The fraction of sp³-hybridized carbons (Fsp3) is 0.182. The molecule has 0 fully saturated rings. The monoisotopic (exact) mass is 348 g/mol. The number of phenols is 2. The van der Waals surface area contributed by atoms with E-state index in [1.165, 1.54) is 0 Å². The maximum absolute atomic E-state index is 10.2. The van der Waals surface area contributed by atoms with Crippen LogP contribution in [0.3, 0.4) is 0 Å². The molecule has 0 bridgehead atoms. The lowest BCUT2D eigenvalue weighted by Crippen LogP contribution is -2.10. The highest BCUT2D eigenvalue weighted by Crippen LogP contribution is 2.40. The van der Waals surface area contributed by atoms with Gasteiger partial charge in [-0.1, -0.05) is 24.3 Å². The topological polar surface area (TPSA) is 58.9 Å². The van der Waals surface area contributed by atoms with Crippen LogP contribution in [0.25, 0.3) is 11.5 Å². The minimum absolute atomic E-state index is 0.228. The average Bonchev–Trinajstić information content (AvgIpc) is 2.66. The van der Waals surface area contributed by atoms with Gasteiger partial charge in [0.2, 0.25) is 0 Å². The Morgan fingerprint density at radius 2 is 1.12 bits per heavy atom. The van der Waals surface area contributed by atoms with E-state index in [9.17, 15) is 10.2 Å². The normalized spacial score (nSPS) is 18.4. The Bertz CT molecular complexity index is 900. The SMILES string of the molecule is COC1=C/C(=C2/C=C(OC)c3c(O)cccc3C2)Cc2cccc(O)c21. The average molecular weight is 348 g/mol. The standard InChI is InChI=1S/C22H20O4/c1-25-19-11-15(9-13-5-3-7-17(23)21(13)19)16-10-14-6-4-8-18(24)22(14)20(12-16)26-2/h3-8,11-12,23-24H,9-10H2,1-2H3/b16-15+. The molecule has 4 rings (SSSR count). The molecule has 26 heavy (non-hydrogen) atoms. The molecular formula is C22H20O4. The van der Waals surface area contributed by atoms with Crippen molar-refractivity contribution in [2.24, 2.45) is 0 Å². The molecule has 2 aromatic carbocycles. The van der Waals surface area contributed by atoms with Gasteiger partial charge in [-0.25, -0.2) is 0 Å². The lowest BCUT2D eigenvalue weighted by molar-refractivity contribution is 0.362. The summed E-state index contributed by atoms with van der Waals surface area (Å²) in [6.07, 6.45) is 5.37. The van der Waals surface area contributed by atoms with Gasteiger partial charge in [0.15, 0.2) is 0 Å². The quantitative estimate of drug-likeness (QED) is 0.855. The summed E-state index contributed by atoms with van der Waals surface area (Å²) in [5.41, 5.74) is 5.79. The Balaban J connectivity index is 1.87. The maximum Gasteiger partial charge on any atom is 0.130 e. The van der Waals surface area contributed by atoms with Crippen LogP contribution in [0.15, 0.2) is 59.7 Å². The van der Waals surface area contributed by atoms with E-state index in [-0.39, 0.29) is 11.5 Å². The van der Waals surface area contributed by atoms with Gasteiger partial charge in [-0.15, -0.1) is 0 Å². The number of allylic oxidation sites excluding steroid dienone is 4. The molecule has 4 nitrogen and oxygen atoms in total. The molecular weight excluding hydrogens is 328 g/mol. The molecule has 0 unspecified atom stereocenters. The molecule has 2 aliphatic carbocycles. The van der Waals surface area contributed by atoms with Gasteiger partial charge in [0.05, 0.1) is 25.3 Å². The molecule has 0 aliphatic heterocycles. The van der Waals surface area contributed by atoms with Crippen LogP contribution in [0, 0.1) is 0 Å². The van der Waals surface area contributed by atoms with Gasteiger partial charge < -0.3 is 19.7 Å². The zero-order valence-corrected chi connectivity index (χ0v) is 14.7. The largest absolute Gasteiger partial charge is 0.507 e. The number of ether oxygens (including phenoxy) is 2. The first-order chi connectivity index (χ1) is 12.6. The third kappa shape index (κ3) is 2.54. The Hall–Kier alpha value is -3.14. The van der Waals surface area contributed by atoms with Crippen LogP contribution in [0.2, 0.25) is 0 Å². The Labute approximate surface area is 152 Å². The molecule has 132 valence electrons. The summed E-state index contributed by atoms with van der Waals surface area (Å²) < 4.78 is 11.1. The zero-order chi connectivity index (χ0) is 18.3. The van der Waals surface area contributed by atoms with Crippen LogP contribution in [0.5, 0.6) is 11.5 Å². The molecule has 2 N–H and O–H groups in total. The summed E-state index contributed by atoms with van der Waals surface area (Å²) in [6.45, 7) is 0. The summed E-state index contributed by atoms with van der Waals surface area (Å²) in [6, 6.07) is 11.1. The van der Waals surface area contributed by atoms with E-state index in [1.807, 2.05) is 36.4 Å². The molecule has 0 saturated heterocycles. The molecule has 2 aliphatic rings. The molecule has 0 aromatic heterocycles. The summed E-state index contributed by atoms with van der Waals surface area (Å²) >= 11 is 0. The van der Waals surface area contributed by atoms with Crippen molar-refractivity contribution in [3.8, 4) is 11.5 Å². The predicted molar refractivity (Wildman–Crippen MR) is 101 cm³/mol. The van der Waals surface area contributed by atoms with Crippen LogP contribution >= 0.6 is 0 Å². The number of fused-ring (bicyclic) bond motifs is 2. The van der Waals surface area contributed by atoms with Crippen molar-refractivity contribution in [3.05, 3.63) is 82.0 Å². The second kappa shape index (κ2) is 6.30. The van der Waals surface area contributed by atoms with Crippen molar-refractivity contribution in [1.82, 2.24) is 0 Å². The first-order valence-corrected chi connectivity index (χ1v) is 8.48. The van der Waals surface area contributed by atoms with E-state index in [4.69, 9.17) is 9.47 Å². The van der Waals surface area contributed by atoms with E-state index in [2.05, 4.69) is 0 Å². The predicted octanol–water partition coefficient (Wildman–Crippen LogP) is 4.18. The van der Waals surface area contributed by atoms with Crippen LogP contribution in [0.1, 0.15) is 22.3 Å². The van der Waals surface area contributed by atoms with E-state index in [1.54, 1.807) is 26.4 Å². The van der Waals surface area contributed by atoms with Crippen LogP contribution in [0.4, 0.5) is 0 Å². The molecule has 0 radical (unpaired) electrons. The lowest BCUT2D eigenvalue weighted by Gasteiger charge is -2.25. The van der Waals surface area contributed by atoms with Crippen molar-refractivity contribution in [2.75, 3.05) is 14.2 Å². The summed E-state index contributed by atoms with van der Waals surface area (Å²) in [7, 11) is 3.22. The van der Waals surface area contributed by atoms with Crippen molar-refractivity contribution in [2.45, 2.75) is 12.8 Å². The maximum atomic E-state index is 10.2. The highest BCUT2D eigenvalue weighted by molar-refractivity contribution is 5.78. The summed E-state index contributed by atoms with van der Waals surface area (Å²) in [5, 5.41) is 20.4. The highest BCUT2D eigenvalue weighted by Gasteiger charge is 2.25. The Morgan fingerprint density at radius 3 is 1.50 bits per heavy atom. The molecule has 0 saturated carbocycles. The third-order valence-corrected chi connectivity index (χ3v) is 4.98. The number of aromatic hydroxyl groups is 2.